The first-order chi connectivity index (χ1) is 12.8. The summed E-state index contributed by atoms with van der Waals surface area (Å²) in [4.78, 5) is 22.2. The van der Waals surface area contributed by atoms with E-state index in [9.17, 15) is 23.3 Å². The quantitative estimate of drug-likeness (QED) is 0.385. The summed E-state index contributed by atoms with van der Waals surface area (Å²) in [6.45, 7) is 0.896. The number of amides is 1. The Hall–Kier alpha value is -2.94. The van der Waals surface area contributed by atoms with Crippen LogP contribution in [0.15, 0.2) is 53.4 Å². The second-order valence-corrected chi connectivity index (χ2v) is 8.04. The van der Waals surface area contributed by atoms with E-state index in [1.807, 2.05) is 0 Å². The van der Waals surface area contributed by atoms with Crippen LogP contribution >= 0.6 is 0 Å². The summed E-state index contributed by atoms with van der Waals surface area (Å²) in [5.74, 6) is -0.104. The van der Waals surface area contributed by atoms with Gasteiger partial charge in [0, 0.05) is 43.6 Å². The van der Waals surface area contributed by atoms with Gasteiger partial charge in [0.1, 0.15) is 0 Å². The van der Waals surface area contributed by atoms with Crippen molar-refractivity contribution in [1.29, 1.82) is 0 Å². The van der Waals surface area contributed by atoms with Gasteiger partial charge in [-0.3, -0.25) is 14.9 Å². The zero-order chi connectivity index (χ0) is 19.9. The first-order valence-corrected chi connectivity index (χ1v) is 10.2. The number of nitro benzene ring substituents is 1. The van der Waals surface area contributed by atoms with Crippen LogP contribution in [0, 0.1) is 10.1 Å². The SMILES string of the molecule is CS(=O)(=O)c1ccc(CNC(=O)CCCNc2ccc([N+](=O)[O-])cc2)cc1. The summed E-state index contributed by atoms with van der Waals surface area (Å²) in [6, 6.07) is 12.5. The molecule has 2 aromatic rings. The van der Waals surface area contributed by atoms with Crippen LogP contribution < -0.4 is 10.6 Å². The van der Waals surface area contributed by atoms with Crippen molar-refractivity contribution in [3.05, 3.63) is 64.2 Å². The molecule has 27 heavy (non-hydrogen) atoms. The average Bonchev–Trinajstić information content (AvgIpc) is 2.63. The smallest absolute Gasteiger partial charge is 0.269 e. The molecule has 0 atom stereocenters. The minimum Gasteiger partial charge on any atom is -0.385 e. The Morgan fingerprint density at radius 3 is 2.26 bits per heavy atom. The highest BCUT2D eigenvalue weighted by molar-refractivity contribution is 7.90. The molecule has 0 aromatic heterocycles. The summed E-state index contributed by atoms with van der Waals surface area (Å²) >= 11 is 0. The van der Waals surface area contributed by atoms with Crippen molar-refractivity contribution in [1.82, 2.24) is 5.32 Å². The van der Waals surface area contributed by atoms with Gasteiger partial charge in [-0.2, -0.15) is 0 Å². The minimum absolute atomic E-state index is 0.0319. The zero-order valence-electron chi connectivity index (χ0n) is 14.8. The lowest BCUT2D eigenvalue weighted by atomic mass is 10.2. The van der Waals surface area contributed by atoms with Gasteiger partial charge in [-0.15, -0.1) is 0 Å². The van der Waals surface area contributed by atoms with Crippen LogP contribution in [0.4, 0.5) is 11.4 Å². The Bertz CT molecular complexity index is 894. The van der Waals surface area contributed by atoms with Crippen LogP contribution in [0.25, 0.3) is 0 Å². The molecular formula is C18H21N3O5S. The number of anilines is 1. The molecule has 0 unspecified atom stereocenters. The number of carbonyl (C=O) groups excluding carboxylic acids is 1. The fourth-order valence-corrected chi connectivity index (χ4v) is 2.96. The number of hydrogen-bond acceptors (Lipinski definition) is 6. The highest BCUT2D eigenvalue weighted by Gasteiger charge is 2.07. The molecule has 2 N–H and O–H groups in total. The van der Waals surface area contributed by atoms with Crippen LogP contribution in [0.2, 0.25) is 0 Å². The Labute approximate surface area is 157 Å². The van der Waals surface area contributed by atoms with Crippen LogP contribution in [0.5, 0.6) is 0 Å². The van der Waals surface area contributed by atoms with Gasteiger partial charge in [0.05, 0.1) is 9.82 Å². The predicted octanol–water partition coefficient (Wildman–Crippen LogP) is 2.51. The molecule has 0 aliphatic carbocycles. The lowest BCUT2D eigenvalue weighted by Crippen LogP contribution is -2.23. The van der Waals surface area contributed by atoms with Gasteiger partial charge >= 0.3 is 0 Å². The number of hydrogen-bond donors (Lipinski definition) is 2. The van der Waals surface area contributed by atoms with Crippen molar-refractivity contribution in [3.8, 4) is 0 Å². The van der Waals surface area contributed by atoms with Crippen molar-refractivity contribution < 1.29 is 18.1 Å². The van der Waals surface area contributed by atoms with Gasteiger partial charge in [0.15, 0.2) is 9.84 Å². The Balaban J connectivity index is 1.68. The van der Waals surface area contributed by atoms with Crippen LogP contribution in [-0.2, 0) is 21.2 Å². The molecule has 2 rings (SSSR count). The van der Waals surface area contributed by atoms with E-state index < -0.39 is 14.8 Å². The highest BCUT2D eigenvalue weighted by atomic mass is 32.2. The third-order valence-electron chi connectivity index (χ3n) is 3.83. The third kappa shape index (κ3) is 6.70. The van der Waals surface area contributed by atoms with Gasteiger partial charge in [-0.05, 0) is 36.2 Å². The van der Waals surface area contributed by atoms with Crippen LogP contribution in [0.1, 0.15) is 18.4 Å². The molecule has 0 fully saturated rings. The molecule has 9 heteroatoms. The molecule has 144 valence electrons. The summed E-state index contributed by atoms with van der Waals surface area (Å²) in [5.41, 5.74) is 1.61. The van der Waals surface area contributed by atoms with E-state index in [0.717, 1.165) is 17.5 Å². The lowest BCUT2D eigenvalue weighted by Gasteiger charge is -2.08. The molecular weight excluding hydrogens is 370 g/mol. The summed E-state index contributed by atoms with van der Waals surface area (Å²) in [5, 5.41) is 16.5. The van der Waals surface area contributed by atoms with Crippen molar-refractivity contribution >= 4 is 27.1 Å². The predicted molar refractivity (Wildman–Crippen MR) is 102 cm³/mol. The third-order valence-corrected chi connectivity index (χ3v) is 4.96. The number of nitrogens with zero attached hydrogens (tertiary/aromatic N) is 1. The van der Waals surface area contributed by atoms with Crippen molar-refractivity contribution in [3.63, 3.8) is 0 Å². The topological polar surface area (TPSA) is 118 Å². The molecule has 0 saturated carbocycles. The summed E-state index contributed by atoms with van der Waals surface area (Å²) in [7, 11) is -3.22. The second-order valence-electron chi connectivity index (χ2n) is 6.03. The Morgan fingerprint density at radius 2 is 1.70 bits per heavy atom. The number of non-ortho nitro benzene ring substituents is 1. The molecule has 0 saturated heterocycles. The number of carbonyl (C=O) groups is 1. The normalized spacial score (nSPS) is 11.0. The first kappa shape index (κ1) is 20.4. The van der Waals surface area contributed by atoms with Crippen LogP contribution in [-0.4, -0.2) is 32.0 Å². The molecule has 0 heterocycles. The van der Waals surface area contributed by atoms with E-state index in [1.165, 1.54) is 24.3 Å². The maximum atomic E-state index is 11.9. The number of nitrogens with one attached hydrogen (secondary N) is 2. The molecule has 0 bridgehead atoms. The number of nitro groups is 1. The molecule has 0 aliphatic rings. The van der Waals surface area contributed by atoms with Crippen molar-refractivity contribution in [2.24, 2.45) is 0 Å². The fourth-order valence-electron chi connectivity index (χ4n) is 2.33. The van der Waals surface area contributed by atoms with Gasteiger partial charge in [0.2, 0.25) is 5.91 Å². The molecule has 0 radical (unpaired) electrons. The van der Waals surface area contributed by atoms with Crippen molar-refractivity contribution in [2.45, 2.75) is 24.3 Å². The Kier molecular flexibility index (Phi) is 6.89. The minimum atomic E-state index is -3.22. The van der Waals surface area contributed by atoms with Crippen LogP contribution in [0.3, 0.4) is 0 Å². The van der Waals surface area contributed by atoms with E-state index >= 15 is 0 Å². The molecule has 0 spiro atoms. The van der Waals surface area contributed by atoms with E-state index in [4.69, 9.17) is 0 Å². The van der Waals surface area contributed by atoms with E-state index in [1.54, 1.807) is 24.3 Å². The molecule has 1 amide bonds. The number of rotatable bonds is 9. The summed E-state index contributed by atoms with van der Waals surface area (Å²) < 4.78 is 22.8. The van der Waals surface area contributed by atoms with E-state index in [0.29, 0.717) is 25.9 Å². The first-order valence-electron chi connectivity index (χ1n) is 8.30. The van der Waals surface area contributed by atoms with Gasteiger partial charge in [-0.25, -0.2) is 8.42 Å². The maximum Gasteiger partial charge on any atom is 0.269 e. The molecule has 0 aliphatic heterocycles. The van der Waals surface area contributed by atoms with Gasteiger partial charge < -0.3 is 10.6 Å². The van der Waals surface area contributed by atoms with Gasteiger partial charge in [0.25, 0.3) is 5.69 Å². The fraction of sp³-hybridized carbons (Fsp3) is 0.278. The highest BCUT2D eigenvalue weighted by Crippen LogP contribution is 2.15. The largest absolute Gasteiger partial charge is 0.385 e. The monoisotopic (exact) mass is 391 g/mol. The number of benzene rings is 2. The summed E-state index contributed by atoms with van der Waals surface area (Å²) in [6.07, 6.45) is 2.09. The van der Waals surface area contributed by atoms with Crippen molar-refractivity contribution in [2.75, 3.05) is 18.1 Å². The van der Waals surface area contributed by atoms with Gasteiger partial charge in [-0.1, -0.05) is 12.1 Å². The zero-order valence-corrected chi connectivity index (χ0v) is 15.7. The standard InChI is InChI=1S/C18H21N3O5S/c1-27(25,26)17-10-4-14(5-11-17)13-20-18(22)3-2-12-19-15-6-8-16(9-7-15)21(23)24/h4-11,19H,2-3,12-13H2,1H3,(H,20,22). The average molecular weight is 391 g/mol. The second kappa shape index (κ2) is 9.13. The van der Waals surface area contributed by atoms with E-state index in [-0.39, 0.29) is 16.5 Å². The van der Waals surface area contributed by atoms with E-state index in [2.05, 4.69) is 10.6 Å². The Morgan fingerprint density at radius 1 is 1.07 bits per heavy atom. The molecule has 2 aromatic carbocycles. The molecule has 8 nitrogen and oxygen atoms in total. The maximum absolute atomic E-state index is 11.9. The number of sulfone groups is 1. The lowest BCUT2D eigenvalue weighted by molar-refractivity contribution is -0.384.